The summed E-state index contributed by atoms with van der Waals surface area (Å²) in [6.45, 7) is 3.43. The van der Waals surface area contributed by atoms with Crippen LogP contribution < -0.4 is 10.6 Å². The normalized spacial score (nSPS) is 10.1. The molecule has 1 rings (SSSR count). The fourth-order valence-electron chi connectivity index (χ4n) is 0.855. The lowest BCUT2D eigenvalue weighted by atomic mass is 10.3. The molecule has 0 aliphatic rings. The molecule has 0 bridgehead atoms. The second-order valence-electron chi connectivity index (χ2n) is 2.38. The number of aromatic nitrogens is 1. The minimum atomic E-state index is 0.475. The van der Waals surface area contributed by atoms with E-state index in [4.69, 9.17) is 10.3 Å². The quantitative estimate of drug-likeness (QED) is 0.694. The molecule has 0 saturated heterocycles. The summed E-state index contributed by atoms with van der Waals surface area (Å²) in [6.07, 6.45) is 1.58. The average Bonchev–Trinajstić information content (AvgIpc) is 2.50. The lowest BCUT2D eigenvalue weighted by Crippen LogP contribution is -2.18. The number of nitrogens with zero attached hydrogens (tertiary/aromatic N) is 2. The van der Waals surface area contributed by atoms with Crippen LogP contribution in [0.3, 0.4) is 0 Å². The van der Waals surface area contributed by atoms with Crippen LogP contribution in [0.5, 0.6) is 0 Å². The molecule has 1 aromatic heterocycles. The fourth-order valence-corrected chi connectivity index (χ4v) is 0.855. The molecule has 11 heavy (non-hydrogen) atoms. The maximum Gasteiger partial charge on any atom is 0.176 e. The monoisotopic (exact) mass is 155 g/mol. The Morgan fingerprint density at radius 1 is 1.73 bits per heavy atom. The first kappa shape index (κ1) is 8.07. The molecule has 4 nitrogen and oxygen atoms in total. The summed E-state index contributed by atoms with van der Waals surface area (Å²) in [4.78, 5) is 1.99. The molecule has 1 aromatic rings. The van der Waals surface area contributed by atoms with Gasteiger partial charge in [-0.2, -0.15) is 0 Å². The Morgan fingerprint density at radius 3 is 3.00 bits per heavy atom. The molecule has 0 unspecified atom stereocenters. The summed E-state index contributed by atoms with van der Waals surface area (Å²) in [5.41, 5.74) is 6.41. The average molecular weight is 155 g/mol. The van der Waals surface area contributed by atoms with Crippen molar-refractivity contribution < 1.29 is 4.52 Å². The van der Waals surface area contributed by atoms with Gasteiger partial charge in [0, 0.05) is 25.7 Å². The second kappa shape index (κ2) is 3.39. The third-order valence-electron chi connectivity index (χ3n) is 1.68. The van der Waals surface area contributed by atoms with Gasteiger partial charge in [-0.05, 0) is 6.92 Å². The van der Waals surface area contributed by atoms with E-state index in [0.29, 0.717) is 6.54 Å². The van der Waals surface area contributed by atoms with Gasteiger partial charge in [-0.3, -0.25) is 0 Å². The van der Waals surface area contributed by atoms with Crippen LogP contribution in [0.25, 0.3) is 0 Å². The van der Waals surface area contributed by atoms with E-state index in [-0.39, 0.29) is 0 Å². The van der Waals surface area contributed by atoms with Crippen molar-refractivity contribution in [2.24, 2.45) is 5.73 Å². The van der Waals surface area contributed by atoms with Gasteiger partial charge in [-0.25, -0.2) is 0 Å². The van der Waals surface area contributed by atoms with Crippen LogP contribution in [-0.2, 0) is 6.54 Å². The molecule has 0 spiro atoms. The first-order chi connectivity index (χ1) is 5.29. The molecule has 4 heteroatoms. The van der Waals surface area contributed by atoms with Crippen molar-refractivity contribution in [2.45, 2.75) is 13.5 Å². The van der Waals surface area contributed by atoms with E-state index >= 15 is 0 Å². The van der Waals surface area contributed by atoms with Crippen molar-refractivity contribution in [1.82, 2.24) is 5.16 Å². The molecule has 62 valence electrons. The molecule has 0 aliphatic heterocycles. The molecule has 0 aliphatic carbocycles. The Balaban J connectivity index is 2.83. The van der Waals surface area contributed by atoms with E-state index in [0.717, 1.165) is 17.9 Å². The van der Waals surface area contributed by atoms with Crippen LogP contribution in [-0.4, -0.2) is 18.7 Å². The van der Waals surface area contributed by atoms with E-state index in [2.05, 4.69) is 12.1 Å². The highest BCUT2D eigenvalue weighted by Crippen LogP contribution is 2.15. The number of rotatable bonds is 3. The highest BCUT2D eigenvalue weighted by Gasteiger charge is 2.08. The third-order valence-corrected chi connectivity index (χ3v) is 1.68. The summed E-state index contributed by atoms with van der Waals surface area (Å²) in [5, 5.41) is 3.83. The van der Waals surface area contributed by atoms with Gasteiger partial charge in [0.25, 0.3) is 0 Å². The Labute approximate surface area is 66.0 Å². The summed E-state index contributed by atoms with van der Waals surface area (Å²) in [6, 6.07) is 0. The summed E-state index contributed by atoms with van der Waals surface area (Å²) >= 11 is 0. The van der Waals surface area contributed by atoms with Crippen molar-refractivity contribution >= 4 is 5.82 Å². The van der Waals surface area contributed by atoms with Gasteiger partial charge in [0.1, 0.15) is 6.26 Å². The molecule has 0 fully saturated rings. The largest absolute Gasteiger partial charge is 0.362 e. The Bertz CT molecular complexity index is 221. The van der Waals surface area contributed by atoms with Gasteiger partial charge in [0.15, 0.2) is 5.82 Å². The van der Waals surface area contributed by atoms with Crippen molar-refractivity contribution in [2.75, 3.05) is 18.5 Å². The lowest BCUT2D eigenvalue weighted by Gasteiger charge is -2.13. The number of anilines is 1. The van der Waals surface area contributed by atoms with E-state index in [1.807, 2.05) is 11.9 Å². The van der Waals surface area contributed by atoms with Crippen molar-refractivity contribution in [3.63, 3.8) is 0 Å². The lowest BCUT2D eigenvalue weighted by molar-refractivity contribution is 0.419. The van der Waals surface area contributed by atoms with E-state index in [1.165, 1.54) is 0 Å². The van der Waals surface area contributed by atoms with E-state index in [9.17, 15) is 0 Å². The topological polar surface area (TPSA) is 55.3 Å². The van der Waals surface area contributed by atoms with Gasteiger partial charge in [-0.15, -0.1) is 0 Å². The van der Waals surface area contributed by atoms with Gasteiger partial charge in [0.2, 0.25) is 0 Å². The molecule has 0 radical (unpaired) electrons. The zero-order valence-electron chi connectivity index (χ0n) is 6.87. The number of nitrogens with two attached hydrogens (primary N) is 1. The molecular formula is C7H13N3O. The van der Waals surface area contributed by atoms with Gasteiger partial charge in [-0.1, -0.05) is 5.16 Å². The number of hydrogen-bond donors (Lipinski definition) is 1. The predicted molar refractivity (Wildman–Crippen MR) is 43.3 cm³/mol. The molecule has 0 saturated carbocycles. The highest BCUT2D eigenvalue weighted by atomic mass is 16.5. The molecule has 0 amide bonds. The Morgan fingerprint density at radius 2 is 2.45 bits per heavy atom. The van der Waals surface area contributed by atoms with Gasteiger partial charge >= 0.3 is 0 Å². The summed E-state index contributed by atoms with van der Waals surface area (Å²) in [5.74, 6) is 0.843. The van der Waals surface area contributed by atoms with Crippen molar-refractivity contribution in [3.8, 4) is 0 Å². The second-order valence-corrected chi connectivity index (χ2v) is 2.38. The number of hydrogen-bond acceptors (Lipinski definition) is 4. The summed E-state index contributed by atoms with van der Waals surface area (Å²) in [7, 11) is 1.96. The van der Waals surface area contributed by atoms with Crippen LogP contribution in [0.15, 0.2) is 10.8 Å². The zero-order chi connectivity index (χ0) is 8.27. The van der Waals surface area contributed by atoms with Crippen LogP contribution in [0, 0.1) is 0 Å². The minimum Gasteiger partial charge on any atom is -0.362 e. The maximum absolute atomic E-state index is 5.46. The highest BCUT2D eigenvalue weighted by molar-refractivity contribution is 5.43. The molecule has 1 heterocycles. The van der Waals surface area contributed by atoms with Crippen LogP contribution >= 0.6 is 0 Å². The third kappa shape index (κ3) is 1.51. The predicted octanol–water partition coefficient (Wildman–Crippen LogP) is 0.589. The first-order valence-corrected chi connectivity index (χ1v) is 3.64. The SMILES string of the molecule is CCN(C)c1nocc1CN. The van der Waals surface area contributed by atoms with Gasteiger partial charge in [0.05, 0.1) is 0 Å². The minimum absolute atomic E-state index is 0.475. The first-order valence-electron chi connectivity index (χ1n) is 3.64. The standard InChI is InChI=1S/C7H13N3O/c1-3-10(2)7-6(4-8)5-11-9-7/h5H,3-4,8H2,1-2H3. The molecule has 2 N–H and O–H groups in total. The zero-order valence-corrected chi connectivity index (χ0v) is 6.87. The van der Waals surface area contributed by atoms with Crippen LogP contribution in [0.2, 0.25) is 0 Å². The fraction of sp³-hybridized carbons (Fsp3) is 0.571. The van der Waals surface area contributed by atoms with Crippen LogP contribution in [0.4, 0.5) is 5.82 Å². The Hall–Kier alpha value is -1.03. The molecule has 0 atom stereocenters. The smallest absolute Gasteiger partial charge is 0.176 e. The Kier molecular flexibility index (Phi) is 2.48. The summed E-state index contributed by atoms with van der Waals surface area (Å²) < 4.78 is 4.79. The molecular weight excluding hydrogens is 142 g/mol. The van der Waals surface area contributed by atoms with Gasteiger partial charge < -0.3 is 15.2 Å². The van der Waals surface area contributed by atoms with Crippen molar-refractivity contribution in [1.29, 1.82) is 0 Å². The van der Waals surface area contributed by atoms with Crippen molar-refractivity contribution in [3.05, 3.63) is 11.8 Å². The maximum atomic E-state index is 5.46. The van der Waals surface area contributed by atoms with Crippen LogP contribution in [0.1, 0.15) is 12.5 Å². The van der Waals surface area contributed by atoms with E-state index in [1.54, 1.807) is 6.26 Å². The van der Waals surface area contributed by atoms with E-state index < -0.39 is 0 Å². The molecule has 0 aromatic carbocycles.